The van der Waals surface area contributed by atoms with Crippen molar-refractivity contribution >= 4 is 40.9 Å². The van der Waals surface area contributed by atoms with E-state index in [0.717, 1.165) is 23.1 Å². The van der Waals surface area contributed by atoms with Crippen LogP contribution in [0.15, 0.2) is 35.5 Å². The Morgan fingerprint density at radius 2 is 2.00 bits per heavy atom. The number of benzene rings is 1. The van der Waals surface area contributed by atoms with Gasteiger partial charge in [-0.2, -0.15) is 5.10 Å². The lowest BCUT2D eigenvalue weighted by Crippen LogP contribution is -2.36. The van der Waals surface area contributed by atoms with Gasteiger partial charge in [-0.1, -0.05) is 35.5 Å². The van der Waals surface area contributed by atoms with Crippen LogP contribution in [0.25, 0.3) is 5.95 Å². The predicted molar refractivity (Wildman–Crippen MR) is 115 cm³/mol. The van der Waals surface area contributed by atoms with E-state index in [4.69, 9.17) is 17.4 Å². The van der Waals surface area contributed by atoms with Gasteiger partial charge < -0.3 is 16.1 Å². The fourth-order valence-electron chi connectivity index (χ4n) is 2.64. The van der Waals surface area contributed by atoms with Crippen molar-refractivity contribution in [3.8, 4) is 5.95 Å². The molecule has 3 rings (SSSR count). The quantitative estimate of drug-likeness (QED) is 0.415. The van der Waals surface area contributed by atoms with E-state index in [9.17, 15) is 9.59 Å². The minimum atomic E-state index is -0.349. The molecule has 0 unspecified atom stereocenters. The van der Waals surface area contributed by atoms with Gasteiger partial charge in [-0.3, -0.25) is 9.59 Å². The SMILES string of the molecule is Cc1cc(C)n(-c2nnc(SCC(=O)N(C)CC(=O)Nc3ccccc3Cl)n2N)n1. The van der Waals surface area contributed by atoms with E-state index in [2.05, 4.69) is 20.6 Å². The number of nitrogens with zero attached hydrogens (tertiary/aromatic N) is 6. The van der Waals surface area contributed by atoms with E-state index < -0.39 is 0 Å². The number of nitrogen functional groups attached to an aromatic ring is 1. The monoisotopic (exact) mass is 448 g/mol. The van der Waals surface area contributed by atoms with Crippen molar-refractivity contribution in [2.45, 2.75) is 19.0 Å². The molecule has 0 atom stereocenters. The molecular weight excluding hydrogens is 428 g/mol. The molecule has 30 heavy (non-hydrogen) atoms. The van der Waals surface area contributed by atoms with Gasteiger partial charge in [-0.05, 0) is 32.0 Å². The molecule has 0 saturated carbocycles. The van der Waals surface area contributed by atoms with Gasteiger partial charge in [0.05, 0.1) is 28.7 Å². The summed E-state index contributed by atoms with van der Waals surface area (Å²) in [6, 6.07) is 8.78. The first-order chi connectivity index (χ1) is 14.3. The van der Waals surface area contributed by atoms with Gasteiger partial charge in [0.2, 0.25) is 17.0 Å². The maximum absolute atomic E-state index is 12.4. The van der Waals surface area contributed by atoms with Crippen LogP contribution in [0.4, 0.5) is 5.69 Å². The van der Waals surface area contributed by atoms with Gasteiger partial charge in [0.25, 0.3) is 5.95 Å². The standard InChI is InChI=1S/C18H21ClN8O2S/c1-11-8-12(2)27(24-11)17-22-23-18(26(17)20)30-10-16(29)25(3)9-15(28)21-14-7-5-4-6-13(14)19/h4-8H,9-10,20H2,1-3H3,(H,21,28). The lowest BCUT2D eigenvalue weighted by Gasteiger charge is -2.16. The van der Waals surface area contributed by atoms with Gasteiger partial charge in [0, 0.05) is 12.7 Å². The highest BCUT2D eigenvalue weighted by Gasteiger charge is 2.18. The Morgan fingerprint density at radius 1 is 1.27 bits per heavy atom. The summed E-state index contributed by atoms with van der Waals surface area (Å²) in [5.41, 5.74) is 2.19. The lowest BCUT2D eigenvalue weighted by atomic mass is 10.3. The van der Waals surface area contributed by atoms with E-state index >= 15 is 0 Å². The highest BCUT2D eigenvalue weighted by Crippen LogP contribution is 2.20. The molecule has 158 valence electrons. The largest absolute Gasteiger partial charge is 0.336 e. The number of carbonyl (C=O) groups excluding carboxylic acids is 2. The Bertz CT molecular complexity index is 1080. The molecule has 3 aromatic rings. The van der Waals surface area contributed by atoms with Crippen LogP contribution >= 0.6 is 23.4 Å². The molecule has 0 bridgehead atoms. The van der Waals surface area contributed by atoms with Gasteiger partial charge in [-0.25, -0.2) is 9.36 Å². The van der Waals surface area contributed by atoms with Crippen molar-refractivity contribution in [1.29, 1.82) is 0 Å². The van der Waals surface area contributed by atoms with E-state index in [1.54, 1.807) is 36.0 Å². The second-order valence-electron chi connectivity index (χ2n) is 6.56. The summed E-state index contributed by atoms with van der Waals surface area (Å²) >= 11 is 7.15. The molecule has 0 aliphatic rings. The van der Waals surface area contributed by atoms with Crippen LogP contribution in [0.3, 0.4) is 0 Å². The number of halogens is 1. The first kappa shape index (κ1) is 21.7. The number of nitrogens with two attached hydrogens (primary N) is 1. The number of anilines is 1. The number of hydrogen-bond acceptors (Lipinski definition) is 7. The maximum atomic E-state index is 12.4. The Morgan fingerprint density at radius 3 is 2.67 bits per heavy atom. The highest BCUT2D eigenvalue weighted by atomic mass is 35.5. The molecule has 2 heterocycles. The van der Waals surface area contributed by atoms with Crippen molar-refractivity contribution in [2.75, 3.05) is 30.5 Å². The van der Waals surface area contributed by atoms with Gasteiger partial charge in [0.15, 0.2) is 0 Å². The maximum Gasteiger partial charge on any atom is 0.271 e. The van der Waals surface area contributed by atoms with E-state index in [1.165, 1.54) is 9.58 Å². The molecular formula is C18H21ClN8O2S. The Kier molecular flexibility index (Phi) is 6.63. The minimum Gasteiger partial charge on any atom is -0.336 e. The third-order valence-corrected chi connectivity index (χ3v) is 5.38. The number of aryl methyl sites for hydroxylation is 2. The van der Waals surface area contributed by atoms with Crippen molar-refractivity contribution in [2.24, 2.45) is 0 Å². The topological polar surface area (TPSA) is 124 Å². The number of carbonyl (C=O) groups is 2. The normalized spacial score (nSPS) is 10.8. The van der Waals surface area contributed by atoms with Crippen LogP contribution in [-0.2, 0) is 9.59 Å². The molecule has 2 amide bonds. The first-order valence-corrected chi connectivity index (χ1v) is 10.3. The van der Waals surface area contributed by atoms with Crippen LogP contribution in [0, 0.1) is 13.8 Å². The number of thioether (sulfide) groups is 1. The summed E-state index contributed by atoms with van der Waals surface area (Å²) in [5.74, 6) is 5.85. The number of amides is 2. The lowest BCUT2D eigenvalue weighted by molar-refractivity contribution is -0.131. The number of aromatic nitrogens is 5. The first-order valence-electron chi connectivity index (χ1n) is 8.91. The minimum absolute atomic E-state index is 0.0440. The van der Waals surface area contributed by atoms with E-state index in [-0.39, 0.29) is 24.1 Å². The van der Waals surface area contributed by atoms with Crippen molar-refractivity contribution in [1.82, 2.24) is 29.6 Å². The molecule has 0 fully saturated rings. The second-order valence-corrected chi connectivity index (χ2v) is 7.91. The summed E-state index contributed by atoms with van der Waals surface area (Å²) in [7, 11) is 1.55. The fourth-order valence-corrected chi connectivity index (χ4v) is 3.61. The molecule has 12 heteroatoms. The van der Waals surface area contributed by atoms with Crippen molar-refractivity contribution in [3.63, 3.8) is 0 Å². The molecule has 0 spiro atoms. The van der Waals surface area contributed by atoms with Crippen molar-refractivity contribution < 1.29 is 9.59 Å². The van der Waals surface area contributed by atoms with Crippen LogP contribution < -0.4 is 11.2 Å². The van der Waals surface area contributed by atoms with Crippen LogP contribution in [0.5, 0.6) is 0 Å². The number of para-hydroxylation sites is 1. The van der Waals surface area contributed by atoms with E-state index in [1.807, 2.05) is 19.9 Å². The zero-order valence-corrected chi connectivity index (χ0v) is 18.2. The smallest absolute Gasteiger partial charge is 0.271 e. The fraction of sp³-hybridized carbons (Fsp3) is 0.278. The third-order valence-electron chi connectivity index (χ3n) is 4.12. The van der Waals surface area contributed by atoms with Crippen molar-refractivity contribution in [3.05, 3.63) is 46.7 Å². The van der Waals surface area contributed by atoms with Gasteiger partial charge >= 0.3 is 0 Å². The Balaban J connectivity index is 1.56. The number of hydrogen-bond donors (Lipinski definition) is 2. The molecule has 1 aromatic carbocycles. The molecule has 10 nitrogen and oxygen atoms in total. The van der Waals surface area contributed by atoms with Gasteiger partial charge in [0.1, 0.15) is 0 Å². The molecule has 0 saturated heterocycles. The zero-order chi connectivity index (χ0) is 21.8. The van der Waals surface area contributed by atoms with Crippen LogP contribution in [-0.4, -0.2) is 60.7 Å². The van der Waals surface area contributed by atoms with Crippen LogP contribution in [0.1, 0.15) is 11.4 Å². The Hall–Kier alpha value is -3.05. The molecule has 2 aromatic heterocycles. The third kappa shape index (κ3) is 4.92. The summed E-state index contributed by atoms with van der Waals surface area (Å²) < 4.78 is 2.86. The molecule has 0 radical (unpaired) electrons. The predicted octanol–water partition coefficient (Wildman–Crippen LogP) is 1.64. The number of rotatable bonds is 7. The van der Waals surface area contributed by atoms with Crippen LogP contribution in [0.2, 0.25) is 5.02 Å². The summed E-state index contributed by atoms with van der Waals surface area (Å²) in [5, 5.41) is 15.9. The zero-order valence-electron chi connectivity index (χ0n) is 16.7. The van der Waals surface area contributed by atoms with Gasteiger partial charge in [-0.15, -0.1) is 10.2 Å². The Labute approximate surface area is 182 Å². The highest BCUT2D eigenvalue weighted by molar-refractivity contribution is 7.99. The summed E-state index contributed by atoms with van der Waals surface area (Å²) in [6.45, 7) is 3.64. The molecule has 0 aliphatic carbocycles. The average molecular weight is 449 g/mol. The number of likely N-dealkylation sites (N-methyl/N-ethyl adjacent to an activating group) is 1. The molecule has 0 aliphatic heterocycles. The summed E-state index contributed by atoms with van der Waals surface area (Å²) in [6.07, 6.45) is 0. The number of nitrogens with one attached hydrogen (secondary N) is 1. The van der Waals surface area contributed by atoms with E-state index in [0.29, 0.717) is 21.8 Å². The average Bonchev–Trinajstić information content (AvgIpc) is 3.22. The molecule has 3 N–H and O–H groups in total. The summed E-state index contributed by atoms with van der Waals surface area (Å²) in [4.78, 5) is 25.9. The second kappa shape index (κ2) is 9.18.